The summed E-state index contributed by atoms with van der Waals surface area (Å²) in [6.07, 6.45) is 1.34. The van der Waals surface area contributed by atoms with Gasteiger partial charge < -0.3 is 20.7 Å². The van der Waals surface area contributed by atoms with E-state index in [2.05, 4.69) is 5.32 Å². The standard InChI is InChI=1S/C18H27N3O3/c1-13(2)16(19)17(22)20-15-9-6-10-21(11-15)18(23)24-12-14-7-4-3-5-8-14/h3-5,7-8,13,15-16H,6,9-12,19H2,1-2H3,(H,20,22)/t15-,16+/m1/s1. The van der Waals surface area contributed by atoms with E-state index in [-0.39, 0.29) is 30.6 Å². The second-order valence-electron chi connectivity index (χ2n) is 6.60. The highest BCUT2D eigenvalue weighted by Gasteiger charge is 2.27. The summed E-state index contributed by atoms with van der Waals surface area (Å²) in [5.41, 5.74) is 6.82. The quantitative estimate of drug-likeness (QED) is 0.862. The lowest BCUT2D eigenvalue weighted by atomic mass is 10.0. The molecule has 0 bridgehead atoms. The fraction of sp³-hybridized carbons (Fsp3) is 0.556. The van der Waals surface area contributed by atoms with Crippen LogP contribution in [0.1, 0.15) is 32.3 Å². The predicted octanol–water partition coefficient (Wildman–Crippen LogP) is 1.89. The summed E-state index contributed by atoms with van der Waals surface area (Å²) in [6.45, 7) is 5.20. The molecule has 1 aromatic carbocycles. The molecule has 1 fully saturated rings. The van der Waals surface area contributed by atoms with Crippen LogP contribution in [-0.4, -0.2) is 42.1 Å². The number of nitrogens with zero attached hydrogens (tertiary/aromatic N) is 1. The molecule has 0 spiro atoms. The molecular formula is C18H27N3O3. The van der Waals surface area contributed by atoms with Gasteiger partial charge in [0.1, 0.15) is 6.61 Å². The Hall–Kier alpha value is -2.08. The van der Waals surface area contributed by atoms with Gasteiger partial charge in [-0.25, -0.2) is 4.79 Å². The summed E-state index contributed by atoms with van der Waals surface area (Å²) in [5, 5.41) is 2.95. The number of rotatable bonds is 5. The van der Waals surface area contributed by atoms with E-state index < -0.39 is 6.04 Å². The number of carbonyl (C=O) groups is 2. The molecule has 0 aliphatic carbocycles. The molecule has 6 nitrogen and oxygen atoms in total. The van der Waals surface area contributed by atoms with Crippen molar-refractivity contribution in [3.8, 4) is 0 Å². The highest BCUT2D eigenvalue weighted by molar-refractivity contribution is 5.82. The van der Waals surface area contributed by atoms with Crippen LogP contribution in [0.4, 0.5) is 4.79 Å². The average molecular weight is 333 g/mol. The van der Waals surface area contributed by atoms with Gasteiger partial charge in [-0.3, -0.25) is 4.79 Å². The van der Waals surface area contributed by atoms with E-state index in [0.717, 1.165) is 18.4 Å². The van der Waals surface area contributed by atoms with Crippen molar-refractivity contribution >= 4 is 12.0 Å². The van der Waals surface area contributed by atoms with E-state index in [1.807, 2.05) is 44.2 Å². The zero-order chi connectivity index (χ0) is 17.5. The smallest absolute Gasteiger partial charge is 0.410 e. The zero-order valence-electron chi connectivity index (χ0n) is 14.4. The fourth-order valence-corrected chi connectivity index (χ4v) is 2.67. The van der Waals surface area contributed by atoms with Gasteiger partial charge in [0.05, 0.1) is 6.04 Å². The lowest BCUT2D eigenvalue weighted by Gasteiger charge is -2.33. The van der Waals surface area contributed by atoms with Crippen molar-refractivity contribution in [2.75, 3.05) is 13.1 Å². The Balaban J connectivity index is 1.81. The third kappa shape index (κ3) is 5.23. The normalized spacial score (nSPS) is 19.0. The fourth-order valence-electron chi connectivity index (χ4n) is 2.67. The van der Waals surface area contributed by atoms with Crippen LogP contribution in [0.2, 0.25) is 0 Å². The third-order valence-corrected chi connectivity index (χ3v) is 4.25. The number of hydrogen-bond acceptors (Lipinski definition) is 4. The number of hydrogen-bond donors (Lipinski definition) is 2. The van der Waals surface area contributed by atoms with Crippen molar-refractivity contribution in [3.05, 3.63) is 35.9 Å². The molecule has 3 N–H and O–H groups in total. The molecule has 0 aromatic heterocycles. The van der Waals surface area contributed by atoms with Crippen molar-refractivity contribution in [1.29, 1.82) is 0 Å². The molecule has 1 saturated heterocycles. The van der Waals surface area contributed by atoms with Crippen LogP contribution in [0.25, 0.3) is 0 Å². The maximum absolute atomic E-state index is 12.2. The van der Waals surface area contributed by atoms with Crippen molar-refractivity contribution in [2.45, 2.75) is 45.4 Å². The molecule has 2 rings (SSSR count). The van der Waals surface area contributed by atoms with Gasteiger partial charge >= 0.3 is 6.09 Å². The lowest BCUT2D eigenvalue weighted by molar-refractivity contribution is -0.124. The number of piperidine rings is 1. The number of nitrogens with one attached hydrogen (secondary N) is 1. The number of amides is 2. The minimum absolute atomic E-state index is 0.0691. The number of likely N-dealkylation sites (tertiary alicyclic amines) is 1. The van der Waals surface area contributed by atoms with Crippen LogP contribution < -0.4 is 11.1 Å². The molecule has 1 aliphatic rings. The minimum atomic E-state index is -0.523. The van der Waals surface area contributed by atoms with E-state index in [9.17, 15) is 9.59 Å². The molecule has 132 valence electrons. The van der Waals surface area contributed by atoms with Gasteiger partial charge in [-0.15, -0.1) is 0 Å². The van der Waals surface area contributed by atoms with Gasteiger partial charge in [0, 0.05) is 19.1 Å². The largest absolute Gasteiger partial charge is 0.445 e. The second kappa shape index (κ2) is 8.68. The summed E-state index contributed by atoms with van der Waals surface area (Å²) in [6, 6.07) is 8.98. The van der Waals surface area contributed by atoms with Gasteiger partial charge in [0.15, 0.2) is 0 Å². The summed E-state index contributed by atoms with van der Waals surface area (Å²) < 4.78 is 5.36. The Bertz CT molecular complexity index is 548. The molecule has 24 heavy (non-hydrogen) atoms. The van der Waals surface area contributed by atoms with Gasteiger partial charge in [-0.1, -0.05) is 44.2 Å². The Kier molecular flexibility index (Phi) is 6.61. The second-order valence-corrected chi connectivity index (χ2v) is 6.60. The van der Waals surface area contributed by atoms with Gasteiger partial charge in [0.25, 0.3) is 0 Å². The maximum atomic E-state index is 12.2. The minimum Gasteiger partial charge on any atom is -0.445 e. The Morgan fingerprint density at radius 2 is 2.04 bits per heavy atom. The van der Waals surface area contributed by atoms with Crippen LogP contribution in [0.15, 0.2) is 30.3 Å². The third-order valence-electron chi connectivity index (χ3n) is 4.25. The summed E-state index contributed by atoms with van der Waals surface area (Å²) in [5.74, 6) is -0.0740. The molecule has 1 aliphatic heterocycles. The maximum Gasteiger partial charge on any atom is 0.410 e. The van der Waals surface area contributed by atoms with Crippen molar-refractivity contribution in [1.82, 2.24) is 10.2 Å². The molecule has 6 heteroatoms. The van der Waals surface area contributed by atoms with Gasteiger partial charge in [-0.2, -0.15) is 0 Å². The van der Waals surface area contributed by atoms with Gasteiger partial charge in [0.2, 0.25) is 5.91 Å². The Labute approximate surface area is 143 Å². The molecular weight excluding hydrogens is 306 g/mol. The highest BCUT2D eigenvalue weighted by Crippen LogP contribution is 2.13. The van der Waals surface area contributed by atoms with Crippen LogP contribution in [0.3, 0.4) is 0 Å². The number of ether oxygens (including phenoxy) is 1. The number of nitrogens with two attached hydrogens (primary N) is 1. The van der Waals surface area contributed by atoms with Crippen LogP contribution >= 0.6 is 0 Å². The molecule has 0 unspecified atom stereocenters. The lowest BCUT2D eigenvalue weighted by Crippen LogP contribution is -2.54. The molecule has 1 aromatic rings. The highest BCUT2D eigenvalue weighted by atomic mass is 16.6. The van der Waals surface area contributed by atoms with Crippen LogP contribution in [0.5, 0.6) is 0 Å². The first-order valence-corrected chi connectivity index (χ1v) is 8.49. The first-order chi connectivity index (χ1) is 11.5. The number of carbonyl (C=O) groups excluding carboxylic acids is 2. The SMILES string of the molecule is CC(C)[C@H](N)C(=O)N[C@@H]1CCCN(C(=O)OCc2ccccc2)C1. The zero-order valence-corrected chi connectivity index (χ0v) is 14.4. The summed E-state index contributed by atoms with van der Waals surface area (Å²) >= 11 is 0. The first-order valence-electron chi connectivity index (χ1n) is 8.49. The van der Waals surface area contributed by atoms with Crippen LogP contribution in [-0.2, 0) is 16.1 Å². The van der Waals surface area contributed by atoms with Crippen LogP contribution in [0, 0.1) is 5.92 Å². The van der Waals surface area contributed by atoms with Gasteiger partial charge in [-0.05, 0) is 24.3 Å². The van der Waals surface area contributed by atoms with E-state index in [4.69, 9.17) is 10.5 Å². The Morgan fingerprint density at radius 1 is 1.33 bits per heavy atom. The average Bonchev–Trinajstić information content (AvgIpc) is 2.60. The van der Waals surface area contributed by atoms with E-state index >= 15 is 0 Å². The molecule has 0 radical (unpaired) electrons. The molecule has 0 saturated carbocycles. The van der Waals surface area contributed by atoms with Crippen molar-refractivity contribution in [3.63, 3.8) is 0 Å². The predicted molar refractivity (Wildman–Crippen MR) is 92.2 cm³/mol. The molecule has 1 heterocycles. The monoisotopic (exact) mass is 333 g/mol. The number of benzene rings is 1. The summed E-state index contributed by atoms with van der Waals surface area (Å²) in [4.78, 5) is 25.9. The molecule has 2 amide bonds. The first kappa shape index (κ1) is 18.3. The molecule has 2 atom stereocenters. The van der Waals surface area contributed by atoms with Crippen molar-refractivity contribution in [2.24, 2.45) is 11.7 Å². The topological polar surface area (TPSA) is 84.7 Å². The van der Waals surface area contributed by atoms with E-state index in [0.29, 0.717) is 13.1 Å². The van der Waals surface area contributed by atoms with E-state index in [1.165, 1.54) is 0 Å². The van der Waals surface area contributed by atoms with Crippen molar-refractivity contribution < 1.29 is 14.3 Å². The van der Waals surface area contributed by atoms with E-state index in [1.54, 1.807) is 4.90 Å². The summed E-state index contributed by atoms with van der Waals surface area (Å²) in [7, 11) is 0. The Morgan fingerprint density at radius 3 is 2.71 bits per heavy atom.